The summed E-state index contributed by atoms with van der Waals surface area (Å²) in [6.45, 7) is 2.26. The Morgan fingerprint density at radius 1 is 0.714 bits per heavy atom. The Hall–Kier alpha value is -3.32. The van der Waals surface area contributed by atoms with Crippen LogP contribution in [-0.4, -0.2) is 7.11 Å². The van der Waals surface area contributed by atoms with Crippen LogP contribution in [0.4, 0.5) is 0 Å². The summed E-state index contributed by atoms with van der Waals surface area (Å²) in [4.78, 5) is 0. The second kappa shape index (κ2) is 8.14. The van der Waals surface area contributed by atoms with Crippen LogP contribution in [0.15, 0.2) is 103 Å². The molecule has 0 aromatic heterocycles. The molecule has 0 aliphatic rings. The maximum Gasteiger partial charge on any atom is 0.119 e. The van der Waals surface area contributed by atoms with Gasteiger partial charge in [-0.3, -0.25) is 0 Å². The normalized spacial score (nSPS) is 11.8. The highest BCUT2D eigenvalue weighted by Gasteiger charge is 2.10. The molecule has 28 heavy (non-hydrogen) atoms. The molecule has 0 heterocycles. The van der Waals surface area contributed by atoms with Gasteiger partial charge in [-0.1, -0.05) is 97.9 Å². The standard InChI is InChI=1S/C27H24O/c1-20(23-13-14-25-19-26(28-2)16-15-24(25)18-23)17-27(21-9-5-3-6-10-21)22-11-7-4-8-12-22/h3-20H,1-2H3. The Bertz CT molecular complexity index is 1050. The van der Waals surface area contributed by atoms with Crippen LogP contribution in [0, 0.1) is 0 Å². The molecule has 1 unspecified atom stereocenters. The predicted octanol–water partition coefficient (Wildman–Crippen LogP) is 7.08. The van der Waals surface area contributed by atoms with E-state index in [4.69, 9.17) is 4.74 Å². The maximum atomic E-state index is 5.34. The highest BCUT2D eigenvalue weighted by atomic mass is 16.5. The minimum atomic E-state index is 0.293. The fourth-order valence-corrected chi connectivity index (χ4v) is 3.59. The van der Waals surface area contributed by atoms with E-state index in [1.807, 2.05) is 6.07 Å². The molecule has 1 heteroatoms. The maximum absolute atomic E-state index is 5.34. The van der Waals surface area contributed by atoms with Crippen LogP contribution in [0.5, 0.6) is 5.75 Å². The van der Waals surface area contributed by atoms with Gasteiger partial charge in [0.1, 0.15) is 5.75 Å². The first kappa shape index (κ1) is 18.1. The van der Waals surface area contributed by atoms with Gasteiger partial charge in [0.05, 0.1) is 7.11 Å². The van der Waals surface area contributed by atoms with E-state index in [0.717, 1.165) is 5.75 Å². The van der Waals surface area contributed by atoms with Crippen molar-refractivity contribution in [3.05, 3.63) is 120 Å². The molecule has 0 N–H and O–H groups in total. The number of rotatable bonds is 5. The lowest BCUT2D eigenvalue weighted by Gasteiger charge is -2.14. The highest BCUT2D eigenvalue weighted by Crippen LogP contribution is 2.30. The molecule has 1 atom stereocenters. The van der Waals surface area contributed by atoms with Crippen molar-refractivity contribution in [2.45, 2.75) is 12.8 Å². The topological polar surface area (TPSA) is 9.23 Å². The van der Waals surface area contributed by atoms with Crippen LogP contribution in [0.2, 0.25) is 0 Å². The molecule has 1 nitrogen and oxygen atoms in total. The fraction of sp³-hybridized carbons (Fsp3) is 0.111. The monoisotopic (exact) mass is 364 g/mol. The Morgan fingerprint density at radius 2 is 1.29 bits per heavy atom. The number of benzene rings is 4. The minimum absolute atomic E-state index is 0.293. The summed E-state index contributed by atoms with van der Waals surface area (Å²) in [6.07, 6.45) is 2.37. The summed E-state index contributed by atoms with van der Waals surface area (Å²) in [6, 6.07) is 34.1. The third kappa shape index (κ3) is 3.84. The highest BCUT2D eigenvalue weighted by molar-refractivity contribution is 5.85. The number of hydrogen-bond donors (Lipinski definition) is 0. The van der Waals surface area contributed by atoms with Crippen molar-refractivity contribution < 1.29 is 4.74 Å². The van der Waals surface area contributed by atoms with Gasteiger partial charge in [-0.05, 0) is 51.1 Å². The Labute approximate surface area is 166 Å². The van der Waals surface area contributed by atoms with Crippen LogP contribution >= 0.6 is 0 Å². The van der Waals surface area contributed by atoms with E-state index in [-0.39, 0.29) is 0 Å². The van der Waals surface area contributed by atoms with E-state index >= 15 is 0 Å². The molecule has 4 rings (SSSR count). The molecule has 0 radical (unpaired) electrons. The molecule has 0 bridgehead atoms. The average Bonchev–Trinajstić information content (AvgIpc) is 2.77. The van der Waals surface area contributed by atoms with Gasteiger partial charge in [-0.25, -0.2) is 0 Å². The summed E-state index contributed by atoms with van der Waals surface area (Å²) >= 11 is 0. The number of hydrogen-bond acceptors (Lipinski definition) is 1. The second-order valence-electron chi connectivity index (χ2n) is 7.07. The van der Waals surface area contributed by atoms with Gasteiger partial charge in [0.15, 0.2) is 0 Å². The van der Waals surface area contributed by atoms with E-state index in [1.165, 1.54) is 33.0 Å². The number of fused-ring (bicyclic) bond motifs is 1. The largest absolute Gasteiger partial charge is 0.497 e. The van der Waals surface area contributed by atoms with Crippen LogP contribution < -0.4 is 4.74 Å². The van der Waals surface area contributed by atoms with E-state index in [1.54, 1.807) is 7.11 Å². The van der Waals surface area contributed by atoms with Gasteiger partial charge in [0.2, 0.25) is 0 Å². The molecule has 4 aromatic carbocycles. The van der Waals surface area contributed by atoms with Crippen molar-refractivity contribution in [3.8, 4) is 5.75 Å². The van der Waals surface area contributed by atoms with Gasteiger partial charge >= 0.3 is 0 Å². The first-order chi connectivity index (χ1) is 13.7. The zero-order chi connectivity index (χ0) is 19.3. The minimum Gasteiger partial charge on any atom is -0.497 e. The molecule has 0 saturated heterocycles. The van der Waals surface area contributed by atoms with Gasteiger partial charge in [-0.2, -0.15) is 0 Å². The van der Waals surface area contributed by atoms with Crippen molar-refractivity contribution in [2.75, 3.05) is 7.11 Å². The number of allylic oxidation sites excluding steroid dienone is 1. The van der Waals surface area contributed by atoms with E-state index in [9.17, 15) is 0 Å². The average molecular weight is 364 g/mol. The lowest BCUT2D eigenvalue weighted by molar-refractivity contribution is 0.415. The summed E-state index contributed by atoms with van der Waals surface area (Å²) in [7, 11) is 1.71. The van der Waals surface area contributed by atoms with Crippen molar-refractivity contribution in [3.63, 3.8) is 0 Å². The van der Waals surface area contributed by atoms with E-state index in [2.05, 4.69) is 104 Å². The zero-order valence-corrected chi connectivity index (χ0v) is 16.3. The molecular weight excluding hydrogens is 340 g/mol. The van der Waals surface area contributed by atoms with Gasteiger partial charge in [0, 0.05) is 0 Å². The summed E-state index contributed by atoms with van der Waals surface area (Å²) in [5, 5.41) is 2.44. The van der Waals surface area contributed by atoms with Crippen molar-refractivity contribution >= 4 is 16.3 Å². The van der Waals surface area contributed by atoms with Crippen LogP contribution in [0.25, 0.3) is 16.3 Å². The quantitative estimate of drug-likeness (QED) is 0.367. The molecule has 0 aliphatic carbocycles. The molecular formula is C27H24O. The molecule has 0 amide bonds. The third-order valence-corrected chi connectivity index (χ3v) is 5.18. The Balaban J connectivity index is 1.75. The summed E-state index contributed by atoms with van der Waals surface area (Å²) < 4.78 is 5.34. The third-order valence-electron chi connectivity index (χ3n) is 5.18. The van der Waals surface area contributed by atoms with E-state index in [0.29, 0.717) is 5.92 Å². The van der Waals surface area contributed by atoms with Crippen molar-refractivity contribution in [1.82, 2.24) is 0 Å². The molecule has 0 spiro atoms. The number of methoxy groups -OCH3 is 1. The lowest BCUT2D eigenvalue weighted by atomic mass is 9.90. The van der Waals surface area contributed by atoms with Crippen LogP contribution in [0.3, 0.4) is 0 Å². The second-order valence-corrected chi connectivity index (χ2v) is 7.07. The van der Waals surface area contributed by atoms with Gasteiger partial charge in [0.25, 0.3) is 0 Å². The molecule has 138 valence electrons. The fourth-order valence-electron chi connectivity index (χ4n) is 3.59. The SMILES string of the molecule is COc1ccc2cc(C(C)C=C(c3ccccc3)c3ccccc3)ccc2c1. The lowest BCUT2D eigenvalue weighted by Crippen LogP contribution is -1.94. The van der Waals surface area contributed by atoms with Crippen LogP contribution in [-0.2, 0) is 0 Å². The van der Waals surface area contributed by atoms with Gasteiger partial charge in [-0.15, -0.1) is 0 Å². The molecule has 0 aliphatic heterocycles. The summed E-state index contributed by atoms with van der Waals surface area (Å²) in [5.41, 5.74) is 5.06. The van der Waals surface area contributed by atoms with Crippen molar-refractivity contribution in [1.29, 1.82) is 0 Å². The Kier molecular flexibility index (Phi) is 5.25. The molecule has 0 fully saturated rings. The van der Waals surface area contributed by atoms with Crippen molar-refractivity contribution in [2.24, 2.45) is 0 Å². The first-order valence-corrected chi connectivity index (χ1v) is 9.65. The number of ether oxygens (including phenoxy) is 1. The summed E-state index contributed by atoms with van der Waals surface area (Å²) in [5.74, 6) is 1.19. The van der Waals surface area contributed by atoms with E-state index < -0.39 is 0 Å². The first-order valence-electron chi connectivity index (χ1n) is 9.65. The van der Waals surface area contributed by atoms with Gasteiger partial charge < -0.3 is 4.74 Å². The molecule has 4 aromatic rings. The predicted molar refractivity (Wildman–Crippen MR) is 119 cm³/mol. The molecule has 0 saturated carbocycles. The zero-order valence-electron chi connectivity index (χ0n) is 16.3. The van der Waals surface area contributed by atoms with Crippen LogP contribution in [0.1, 0.15) is 29.5 Å². The smallest absolute Gasteiger partial charge is 0.119 e. The Morgan fingerprint density at radius 3 is 1.89 bits per heavy atom.